The molecular formula is C23H16F6N2O6. The Morgan fingerprint density at radius 1 is 0.568 bits per heavy atom. The number of benzene rings is 2. The van der Waals surface area contributed by atoms with Gasteiger partial charge < -0.3 is 20.8 Å². The summed E-state index contributed by atoms with van der Waals surface area (Å²) >= 11 is 0. The Morgan fingerprint density at radius 2 is 0.865 bits per heavy atom. The molecule has 37 heavy (non-hydrogen) atoms. The van der Waals surface area contributed by atoms with E-state index in [2.05, 4.69) is 10.6 Å². The van der Waals surface area contributed by atoms with Crippen LogP contribution in [0.25, 0.3) is 0 Å². The van der Waals surface area contributed by atoms with Crippen molar-refractivity contribution in [3.8, 4) is 0 Å². The molecule has 0 aliphatic heterocycles. The summed E-state index contributed by atoms with van der Waals surface area (Å²) in [7, 11) is 0. The van der Waals surface area contributed by atoms with Crippen molar-refractivity contribution in [2.24, 2.45) is 0 Å². The first-order valence-electron chi connectivity index (χ1n) is 9.86. The Balaban J connectivity index is 2.50. The van der Waals surface area contributed by atoms with Crippen LogP contribution in [0.5, 0.6) is 0 Å². The number of amides is 2. The van der Waals surface area contributed by atoms with E-state index >= 15 is 0 Å². The first-order valence-corrected chi connectivity index (χ1v) is 9.86. The average Bonchev–Trinajstić information content (AvgIpc) is 2.77. The van der Waals surface area contributed by atoms with Crippen molar-refractivity contribution in [3.05, 3.63) is 84.0 Å². The van der Waals surface area contributed by atoms with Crippen LogP contribution in [0.15, 0.2) is 72.8 Å². The van der Waals surface area contributed by atoms with Crippen molar-refractivity contribution in [1.29, 1.82) is 0 Å². The average molecular weight is 530 g/mol. The predicted molar refractivity (Wildman–Crippen MR) is 117 cm³/mol. The number of carbonyl (C=O) groups excluding carboxylic acids is 2. The smallest absolute Gasteiger partial charge is 0.411 e. The van der Waals surface area contributed by atoms with Crippen molar-refractivity contribution >= 4 is 35.1 Å². The molecule has 4 N–H and O–H groups in total. The summed E-state index contributed by atoms with van der Waals surface area (Å²) in [4.78, 5) is 44.1. The van der Waals surface area contributed by atoms with Gasteiger partial charge in [0.1, 0.15) is 0 Å². The quantitative estimate of drug-likeness (QED) is 0.298. The van der Waals surface area contributed by atoms with Gasteiger partial charge in [-0.2, -0.15) is 26.3 Å². The maximum absolute atomic E-state index is 14.2. The molecule has 0 atom stereocenters. The highest BCUT2D eigenvalue weighted by Gasteiger charge is 2.72. The lowest BCUT2D eigenvalue weighted by Gasteiger charge is -2.38. The van der Waals surface area contributed by atoms with E-state index in [4.69, 9.17) is 10.2 Å². The van der Waals surface area contributed by atoms with E-state index in [1.54, 1.807) is 0 Å². The number of rotatable bonds is 8. The first-order chi connectivity index (χ1) is 17.1. The van der Waals surface area contributed by atoms with E-state index in [0.29, 0.717) is 48.6 Å². The molecule has 2 aromatic rings. The highest BCUT2D eigenvalue weighted by atomic mass is 19.4. The van der Waals surface area contributed by atoms with Crippen molar-refractivity contribution in [2.45, 2.75) is 17.8 Å². The molecule has 0 radical (unpaired) electrons. The molecule has 0 spiro atoms. The zero-order valence-electron chi connectivity index (χ0n) is 18.2. The molecule has 0 aliphatic rings. The molecule has 14 heteroatoms. The number of alkyl halides is 6. The molecule has 2 aromatic carbocycles. The molecule has 0 saturated heterocycles. The maximum Gasteiger partial charge on any atom is 0.411 e. The van der Waals surface area contributed by atoms with Gasteiger partial charge in [0.15, 0.2) is 0 Å². The Hall–Kier alpha value is -4.62. The Labute approximate surface area is 203 Å². The van der Waals surface area contributed by atoms with Crippen LogP contribution in [0, 0.1) is 0 Å². The number of carboxylic acids is 2. The third-order valence-electron chi connectivity index (χ3n) is 4.78. The summed E-state index contributed by atoms with van der Waals surface area (Å²) < 4.78 is 85.4. The van der Waals surface area contributed by atoms with E-state index in [9.17, 15) is 45.5 Å². The van der Waals surface area contributed by atoms with Crippen LogP contribution in [-0.4, -0.2) is 46.3 Å². The number of halogens is 6. The number of carboxylic acid groups (broad SMARTS) is 2. The SMILES string of the molecule is O=C(O)/C=C/C(=O)Nc1ccc(C(c2ccc(NC(=O)/C=C/C(=O)O)cc2)(C(F)(F)F)C(F)(F)F)cc1. The Morgan fingerprint density at radius 3 is 1.11 bits per heavy atom. The second-order valence-electron chi connectivity index (χ2n) is 7.22. The molecule has 0 aliphatic carbocycles. The minimum atomic E-state index is -5.89. The van der Waals surface area contributed by atoms with Crippen molar-refractivity contribution < 1.29 is 55.7 Å². The van der Waals surface area contributed by atoms with Gasteiger partial charge in [-0.1, -0.05) is 24.3 Å². The summed E-state index contributed by atoms with van der Waals surface area (Å²) in [5.41, 5.74) is -7.36. The van der Waals surface area contributed by atoms with Crippen molar-refractivity contribution in [1.82, 2.24) is 0 Å². The molecule has 0 aromatic heterocycles. The summed E-state index contributed by atoms with van der Waals surface area (Å²) in [6.07, 6.45) is -9.62. The van der Waals surface area contributed by atoms with Gasteiger partial charge in [0.2, 0.25) is 17.2 Å². The number of hydrogen-bond acceptors (Lipinski definition) is 4. The van der Waals surface area contributed by atoms with Gasteiger partial charge in [0.05, 0.1) is 0 Å². The van der Waals surface area contributed by atoms with Crippen LogP contribution in [0.1, 0.15) is 11.1 Å². The largest absolute Gasteiger partial charge is 0.478 e. The van der Waals surface area contributed by atoms with Gasteiger partial charge >= 0.3 is 24.3 Å². The van der Waals surface area contributed by atoms with Crippen LogP contribution in [-0.2, 0) is 24.6 Å². The normalized spacial score (nSPS) is 12.5. The molecule has 0 bridgehead atoms. The molecule has 0 unspecified atom stereocenters. The van der Waals surface area contributed by atoms with E-state index < -0.39 is 52.6 Å². The molecule has 2 amide bonds. The van der Waals surface area contributed by atoms with E-state index in [0.717, 1.165) is 24.3 Å². The molecule has 196 valence electrons. The molecule has 0 heterocycles. The second kappa shape index (κ2) is 11.0. The van der Waals surface area contributed by atoms with Gasteiger partial charge in [-0.05, 0) is 35.4 Å². The fourth-order valence-electron chi connectivity index (χ4n) is 3.25. The Kier molecular flexibility index (Phi) is 8.48. The fraction of sp³-hybridized carbons (Fsp3) is 0.130. The number of anilines is 2. The minimum Gasteiger partial charge on any atom is -0.478 e. The standard InChI is InChI=1S/C23H16F6N2O6/c24-22(25,26)21(23(27,28)29,13-1-5-15(6-2-13)30-17(32)9-11-19(34)35)14-3-7-16(8-4-14)31-18(33)10-12-20(36)37/h1-12H,(H,30,32)(H,31,33)(H,34,35)(H,36,37)/b11-9+,12-10+. The fourth-order valence-corrected chi connectivity index (χ4v) is 3.25. The molecule has 0 fully saturated rings. The lowest BCUT2D eigenvalue weighted by molar-refractivity contribution is -0.288. The minimum absolute atomic E-state index is 0.200. The first kappa shape index (κ1) is 28.6. The number of nitrogens with one attached hydrogen (secondary N) is 2. The van der Waals surface area contributed by atoms with Crippen LogP contribution < -0.4 is 10.6 Å². The highest BCUT2D eigenvalue weighted by molar-refractivity contribution is 6.03. The topological polar surface area (TPSA) is 133 Å². The van der Waals surface area contributed by atoms with Gasteiger partial charge in [0, 0.05) is 35.7 Å². The zero-order chi connectivity index (χ0) is 28.0. The van der Waals surface area contributed by atoms with Crippen molar-refractivity contribution in [2.75, 3.05) is 10.6 Å². The van der Waals surface area contributed by atoms with E-state index in [1.165, 1.54) is 0 Å². The van der Waals surface area contributed by atoms with E-state index in [-0.39, 0.29) is 11.4 Å². The lowest BCUT2D eigenvalue weighted by atomic mass is 9.73. The van der Waals surface area contributed by atoms with Gasteiger partial charge in [-0.15, -0.1) is 0 Å². The molecule has 0 saturated carbocycles. The summed E-state index contributed by atoms with van der Waals surface area (Å²) in [5.74, 6) is -4.87. The summed E-state index contributed by atoms with van der Waals surface area (Å²) in [6.45, 7) is 0. The number of aliphatic carboxylic acids is 2. The second-order valence-corrected chi connectivity index (χ2v) is 7.22. The maximum atomic E-state index is 14.2. The van der Waals surface area contributed by atoms with Crippen LogP contribution in [0.3, 0.4) is 0 Å². The van der Waals surface area contributed by atoms with E-state index in [1.807, 2.05) is 0 Å². The van der Waals surface area contributed by atoms with Crippen LogP contribution in [0.2, 0.25) is 0 Å². The number of hydrogen-bond donors (Lipinski definition) is 4. The van der Waals surface area contributed by atoms with Crippen molar-refractivity contribution in [3.63, 3.8) is 0 Å². The lowest BCUT2D eigenvalue weighted by Crippen LogP contribution is -2.54. The Bertz CT molecular complexity index is 1130. The zero-order valence-corrected chi connectivity index (χ0v) is 18.2. The van der Waals surface area contributed by atoms with Gasteiger partial charge in [-0.25, -0.2) is 9.59 Å². The third kappa shape index (κ3) is 6.74. The summed E-state index contributed by atoms with van der Waals surface area (Å²) in [6, 6.07) is 5.23. The third-order valence-corrected chi connectivity index (χ3v) is 4.78. The molecule has 8 nitrogen and oxygen atoms in total. The number of carbonyl (C=O) groups is 4. The monoisotopic (exact) mass is 530 g/mol. The van der Waals surface area contributed by atoms with Crippen LogP contribution in [0.4, 0.5) is 37.7 Å². The van der Waals surface area contributed by atoms with Gasteiger partial charge in [-0.3, -0.25) is 9.59 Å². The summed E-state index contributed by atoms with van der Waals surface area (Å²) in [5, 5.41) is 21.2. The molecular weight excluding hydrogens is 514 g/mol. The van der Waals surface area contributed by atoms with Crippen LogP contribution >= 0.6 is 0 Å². The highest BCUT2D eigenvalue weighted by Crippen LogP contribution is 2.56. The molecule has 2 rings (SSSR count). The van der Waals surface area contributed by atoms with Gasteiger partial charge in [0.25, 0.3) is 0 Å². The predicted octanol–water partition coefficient (Wildman–Crippen LogP) is 4.26.